The smallest absolute Gasteiger partial charge is 0.372 e. The minimum Gasteiger partial charge on any atom is -0.475 e. The van der Waals surface area contributed by atoms with Gasteiger partial charge in [-0.1, -0.05) is 6.07 Å². The number of carbonyl (C=O) groups is 1. The van der Waals surface area contributed by atoms with Crippen molar-refractivity contribution in [3.8, 4) is 11.4 Å². The maximum Gasteiger partial charge on any atom is 0.372 e. The van der Waals surface area contributed by atoms with E-state index >= 15 is 0 Å². The van der Waals surface area contributed by atoms with Gasteiger partial charge in [0.2, 0.25) is 5.82 Å². The lowest BCUT2D eigenvalue weighted by Crippen LogP contribution is -2.16. The van der Waals surface area contributed by atoms with Gasteiger partial charge in [-0.05, 0) is 31.4 Å². The monoisotopic (exact) mass is 243 g/mol. The number of carboxylic acid groups (broad SMARTS) is 1. The molecule has 0 radical (unpaired) electrons. The van der Waals surface area contributed by atoms with Crippen molar-refractivity contribution in [2.45, 2.75) is 25.8 Å². The molecule has 0 amide bonds. The summed E-state index contributed by atoms with van der Waals surface area (Å²) in [5, 5.41) is 9.20. The highest BCUT2D eigenvalue weighted by atomic mass is 16.4. The summed E-state index contributed by atoms with van der Waals surface area (Å²) >= 11 is 0. The maximum absolute atomic E-state index is 11.2. The molecule has 5 nitrogen and oxygen atoms in total. The highest BCUT2D eigenvalue weighted by molar-refractivity contribution is 5.85. The maximum atomic E-state index is 11.2. The fourth-order valence-corrected chi connectivity index (χ4v) is 2.41. The van der Waals surface area contributed by atoms with Crippen molar-refractivity contribution in [3.63, 3.8) is 0 Å². The van der Waals surface area contributed by atoms with E-state index in [4.69, 9.17) is 0 Å². The molecule has 0 spiro atoms. The average Bonchev–Trinajstić information content (AvgIpc) is 2.79. The molecule has 0 saturated carbocycles. The minimum absolute atomic E-state index is 0.130. The molecule has 0 fully saturated rings. The molecule has 92 valence electrons. The lowest BCUT2D eigenvalue weighted by atomic mass is 10.1. The second-order valence-corrected chi connectivity index (χ2v) is 4.36. The van der Waals surface area contributed by atoms with E-state index in [1.807, 2.05) is 22.8 Å². The van der Waals surface area contributed by atoms with Crippen molar-refractivity contribution in [1.82, 2.24) is 14.5 Å². The van der Waals surface area contributed by atoms with Crippen LogP contribution in [0.4, 0.5) is 0 Å². The van der Waals surface area contributed by atoms with E-state index in [-0.39, 0.29) is 5.82 Å². The van der Waals surface area contributed by atoms with Crippen LogP contribution in [0, 0.1) is 0 Å². The fourth-order valence-electron chi connectivity index (χ4n) is 2.41. The lowest BCUT2D eigenvalue weighted by Gasteiger charge is -2.16. The molecule has 0 aromatic carbocycles. The summed E-state index contributed by atoms with van der Waals surface area (Å²) in [6.07, 6.45) is 4.65. The summed E-state index contributed by atoms with van der Waals surface area (Å²) in [5.41, 5.74) is 2.46. The molecule has 3 rings (SSSR count). The fraction of sp³-hybridized carbons (Fsp3) is 0.308. The highest BCUT2D eigenvalue weighted by Crippen LogP contribution is 2.27. The second-order valence-electron chi connectivity index (χ2n) is 4.36. The van der Waals surface area contributed by atoms with Crippen LogP contribution in [0.1, 0.15) is 29.2 Å². The molecule has 0 unspecified atom stereocenters. The molecule has 0 saturated heterocycles. The molecule has 0 bridgehead atoms. The molecular formula is C13H13N3O2. The predicted octanol–water partition coefficient (Wildman–Crippen LogP) is 1.98. The van der Waals surface area contributed by atoms with Crippen molar-refractivity contribution in [3.05, 3.63) is 35.9 Å². The molecule has 18 heavy (non-hydrogen) atoms. The summed E-state index contributed by atoms with van der Waals surface area (Å²) in [6.45, 7) is 0.733. The summed E-state index contributed by atoms with van der Waals surface area (Å²) in [7, 11) is 0. The first-order valence-electron chi connectivity index (χ1n) is 6.01. The zero-order valence-corrected chi connectivity index (χ0v) is 9.83. The normalized spacial score (nSPS) is 14.2. The number of hydrogen-bond donors (Lipinski definition) is 1. The number of rotatable bonds is 2. The number of nitrogens with zero attached hydrogens (tertiary/aromatic N) is 3. The quantitative estimate of drug-likeness (QED) is 0.875. The molecular weight excluding hydrogens is 230 g/mol. The Morgan fingerprint density at radius 1 is 1.33 bits per heavy atom. The molecule has 1 aliphatic rings. The minimum atomic E-state index is -0.972. The van der Waals surface area contributed by atoms with Gasteiger partial charge >= 0.3 is 5.97 Å². The summed E-state index contributed by atoms with van der Waals surface area (Å²) in [4.78, 5) is 19.7. The number of aromatic nitrogens is 3. The van der Waals surface area contributed by atoms with Gasteiger partial charge in [0.05, 0.1) is 5.69 Å². The second kappa shape index (κ2) is 4.25. The lowest BCUT2D eigenvalue weighted by molar-refractivity contribution is 0.0677. The van der Waals surface area contributed by atoms with Gasteiger partial charge in [-0.25, -0.2) is 9.78 Å². The van der Waals surface area contributed by atoms with Crippen LogP contribution in [0.5, 0.6) is 0 Å². The van der Waals surface area contributed by atoms with Crippen molar-refractivity contribution >= 4 is 5.97 Å². The molecule has 2 aromatic heterocycles. The number of pyridine rings is 1. The number of hydrogen-bond acceptors (Lipinski definition) is 3. The van der Waals surface area contributed by atoms with E-state index < -0.39 is 5.97 Å². The Morgan fingerprint density at radius 3 is 2.94 bits per heavy atom. The molecule has 1 N–H and O–H groups in total. The van der Waals surface area contributed by atoms with E-state index in [2.05, 4.69) is 9.97 Å². The van der Waals surface area contributed by atoms with Gasteiger partial charge in [0.15, 0.2) is 0 Å². The van der Waals surface area contributed by atoms with Crippen molar-refractivity contribution in [1.29, 1.82) is 0 Å². The van der Waals surface area contributed by atoms with E-state index in [9.17, 15) is 9.90 Å². The molecule has 2 aromatic rings. The van der Waals surface area contributed by atoms with E-state index in [0.717, 1.165) is 37.2 Å². The van der Waals surface area contributed by atoms with Crippen LogP contribution in [0.25, 0.3) is 11.4 Å². The molecule has 3 heterocycles. The van der Waals surface area contributed by atoms with E-state index in [1.165, 1.54) is 0 Å². The van der Waals surface area contributed by atoms with Crippen LogP contribution in [0.2, 0.25) is 0 Å². The molecule has 0 aliphatic carbocycles. The summed E-state index contributed by atoms with van der Waals surface area (Å²) in [6, 6.07) is 5.59. The number of carboxylic acids is 1. The first kappa shape index (κ1) is 11.0. The van der Waals surface area contributed by atoms with Crippen LogP contribution in [0.15, 0.2) is 24.4 Å². The first-order chi connectivity index (χ1) is 8.77. The highest BCUT2D eigenvalue weighted by Gasteiger charge is 2.24. The third-order valence-electron chi connectivity index (χ3n) is 3.22. The Bertz CT molecular complexity index is 590. The Morgan fingerprint density at radius 2 is 2.22 bits per heavy atom. The SMILES string of the molecule is O=C(O)c1nc(-c2ccccn2)c2n1CCCC2. The molecule has 5 heteroatoms. The van der Waals surface area contributed by atoms with Crippen LogP contribution >= 0.6 is 0 Å². The largest absolute Gasteiger partial charge is 0.475 e. The van der Waals surface area contributed by atoms with E-state index in [0.29, 0.717) is 5.69 Å². The zero-order chi connectivity index (χ0) is 12.5. The standard InChI is InChI=1S/C13H13N3O2/c17-13(18)12-15-11(9-5-1-3-7-14-9)10-6-2-4-8-16(10)12/h1,3,5,7H,2,4,6,8H2,(H,17,18). The van der Waals surface area contributed by atoms with Crippen LogP contribution in [0.3, 0.4) is 0 Å². The third-order valence-corrected chi connectivity index (χ3v) is 3.22. The van der Waals surface area contributed by atoms with Gasteiger partial charge in [0, 0.05) is 18.4 Å². The van der Waals surface area contributed by atoms with Gasteiger partial charge in [0.25, 0.3) is 0 Å². The summed E-state index contributed by atoms with van der Waals surface area (Å²) in [5.74, 6) is -0.842. The Kier molecular flexibility index (Phi) is 2.59. The van der Waals surface area contributed by atoms with Crippen molar-refractivity contribution in [2.24, 2.45) is 0 Å². The van der Waals surface area contributed by atoms with Crippen LogP contribution < -0.4 is 0 Å². The van der Waals surface area contributed by atoms with Gasteiger partial charge < -0.3 is 9.67 Å². The molecule has 0 atom stereocenters. The topological polar surface area (TPSA) is 68.0 Å². The van der Waals surface area contributed by atoms with Gasteiger partial charge in [-0.3, -0.25) is 4.98 Å². The average molecular weight is 243 g/mol. The van der Waals surface area contributed by atoms with Gasteiger partial charge in [-0.15, -0.1) is 0 Å². The first-order valence-corrected chi connectivity index (χ1v) is 6.01. The van der Waals surface area contributed by atoms with E-state index in [1.54, 1.807) is 6.20 Å². The van der Waals surface area contributed by atoms with Crippen molar-refractivity contribution in [2.75, 3.05) is 0 Å². The summed E-state index contributed by atoms with van der Waals surface area (Å²) < 4.78 is 1.82. The predicted molar refractivity (Wildman–Crippen MR) is 65.4 cm³/mol. The number of fused-ring (bicyclic) bond motifs is 1. The van der Waals surface area contributed by atoms with Crippen LogP contribution in [-0.2, 0) is 13.0 Å². The Balaban J connectivity index is 2.18. The third kappa shape index (κ3) is 1.68. The van der Waals surface area contributed by atoms with Gasteiger partial charge in [-0.2, -0.15) is 0 Å². The van der Waals surface area contributed by atoms with Gasteiger partial charge in [0.1, 0.15) is 5.69 Å². The number of aromatic carboxylic acids is 1. The molecule has 1 aliphatic heterocycles. The van der Waals surface area contributed by atoms with Crippen molar-refractivity contribution < 1.29 is 9.90 Å². The Hall–Kier alpha value is -2.17. The van der Waals surface area contributed by atoms with Crippen LogP contribution in [-0.4, -0.2) is 25.6 Å². The number of imidazole rings is 1. The zero-order valence-electron chi connectivity index (χ0n) is 9.83. The Labute approximate surface area is 104 Å².